The maximum atomic E-state index is 11.4. The molecule has 0 saturated carbocycles. The number of benzene rings is 1. The Morgan fingerprint density at radius 1 is 1.47 bits per heavy atom. The second-order valence-corrected chi connectivity index (χ2v) is 4.35. The molecular formula is C11H10BrN3O4. The number of hydrogen-bond donors (Lipinski definition) is 4. The third kappa shape index (κ3) is 4.57. The summed E-state index contributed by atoms with van der Waals surface area (Å²) in [5, 5.41) is 30.7. The number of nitriles is 1. The Morgan fingerprint density at radius 2 is 2.16 bits per heavy atom. The lowest BCUT2D eigenvalue weighted by Gasteiger charge is -2.10. The quantitative estimate of drug-likeness (QED) is 0.654. The Hall–Kier alpha value is -2.11. The van der Waals surface area contributed by atoms with Gasteiger partial charge in [0.25, 0.3) is 0 Å². The molecule has 7 nitrogen and oxygen atoms in total. The van der Waals surface area contributed by atoms with Crippen LogP contribution in [-0.4, -0.2) is 34.9 Å². The Morgan fingerprint density at radius 3 is 2.68 bits per heavy atom. The van der Waals surface area contributed by atoms with Gasteiger partial charge in [-0.2, -0.15) is 5.26 Å². The summed E-state index contributed by atoms with van der Waals surface area (Å²) in [6.45, 7) is -0.408. The van der Waals surface area contributed by atoms with E-state index < -0.39 is 24.6 Å². The molecule has 0 spiro atoms. The number of carboxylic acid groups (broad SMARTS) is 1. The molecule has 0 aromatic heterocycles. The molecule has 100 valence electrons. The van der Waals surface area contributed by atoms with Crippen LogP contribution in [0.25, 0.3) is 0 Å². The lowest BCUT2D eigenvalue weighted by Crippen LogP contribution is -2.38. The van der Waals surface area contributed by atoms with Crippen LogP contribution in [0.1, 0.15) is 5.56 Å². The van der Waals surface area contributed by atoms with Crippen molar-refractivity contribution in [3.05, 3.63) is 28.2 Å². The van der Waals surface area contributed by atoms with Crippen molar-refractivity contribution >= 4 is 33.6 Å². The van der Waals surface area contributed by atoms with Gasteiger partial charge in [0.15, 0.2) is 6.10 Å². The Kier molecular flexibility index (Phi) is 5.29. The van der Waals surface area contributed by atoms with Crippen molar-refractivity contribution in [2.75, 3.05) is 11.9 Å². The first-order valence-corrected chi connectivity index (χ1v) is 5.88. The van der Waals surface area contributed by atoms with Crippen molar-refractivity contribution in [3.8, 4) is 6.07 Å². The molecule has 1 rings (SSSR count). The molecule has 4 N–H and O–H groups in total. The van der Waals surface area contributed by atoms with Crippen molar-refractivity contribution in [1.82, 2.24) is 5.32 Å². The molecule has 0 aliphatic heterocycles. The largest absolute Gasteiger partial charge is 0.479 e. The molecule has 1 unspecified atom stereocenters. The average Bonchev–Trinajstić information content (AvgIpc) is 2.38. The number of aliphatic carboxylic acids is 1. The van der Waals surface area contributed by atoms with E-state index in [0.717, 1.165) is 0 Å². The second kappa shape index (κ2) is 6.72. The van der Waals surface area contributed by atoms with E-state index in [1.54, 1.807) is 0 Å². The Labute approximate surface area is 117 Å². The minimum absolute atomic E-state index is 0.408. The number of aliphatic hydroxyl groups is 1. The van der Waals surface area contributed by atoms with E-state index in [1.807, 2.05) is 6.07 Å². The van der Waals surface area contributed by atoms with Gasteiger partial charge in [-0.05, 0) is 34.1 Å². The van der Waals surface area contributed by atoms with E-state index in [2.05, 4.69) is 26.6 Å². The summed E-state index contributed by atoms with van der Waals surface area (Å²) in [6.07, 6.45) is -1.66. The molecule has 19 heavy (non-hydrogen) atoms. The summed E-state index contributed by atoms with van der Waals surface area (Å²) in [6, 6.07) is 5.86. The molecule has 0 aliphatic rings. The van der Waals surface area contributed by atoms with Gasteiger partial charge in [-0.25, -0.2) is 9.59 Å². The summed E-state index contributed by atoms with van der Waals surface area (Å²) in [5.74, 6) is -1.42. The molecule has 0 bridgehead atoms. The molecule has 2 amide bonds. The van der Waals surface area contributed by atoms with E-state index in [-0.39, 0.29) is 0 Å². The standard InChI is InChI=1S/C11H10BrN3O4/c12-7-3-6(4-13)1-2-8(7)15-11(19)14-5-9(16)10(17)18/h1-3,9,16H,5H2,(H,17,18)(H2,14,15,19). The van der Waals surface area contributed by atoms with E-state index in [0.29, 0.717) is 15.7 Å². The highest BCUT2D eigenvalue weighted by atomic mass is 79.9. The number of rotatable bonds is 4. The molecule has 1 aromatic carbocycles. The molecule has 0 fully saturated rings. The van der Waals surface area contributed by atoms with E-state index in [4.69, 9.17) is 15.5 Å². The number of carboxylic acids is 1. The van der Waals surface area contributed by atoms with Crippen molar-refractivity contribution < 1.29 is 19.8 Å². The summed E-state index contributed by atoms with van der Waals surface area (Å²) in [7, 11) is 0. The number of nitrogens with zero attached hydrogens (tertiary/aromatic N) is 1. The van der Waals surface area contributed by atoms with Crippen LogP contribution in [0.15, 0.2) is 22.7 Å². The highest BCUT2D eigenvalue weighted by Gasteiger charge is 2.14. The molecule has 1 atom stereocenters. The molecule has 0 aliphatic carbocycles. The zero-order valence-corrected chi connectivity index (χ0v) is 11.1. The molecule has 0 radical (unpaired) electrons. The molecule has 0 saturated heterocycles. The van der Waals surface area contributed by atoms with Crippen LogP contribution >= 0.6 is 15.9 Å². The molecule has 1 aromatic rings. The summed E-state index contributed by atoms with van der Waals surface area (Å²) >= 11 is 3.18. The zero-order chi connectivity index (χ0) is 14.4. The van der Waals surface area contributed by atoms with Crippen LogP contribution in [-0.2, 0) is 4.79 Å². The third-order valence-corrected chi connectivity index (χ3v) is 2.74. The number of urea groups is 1. The number of nitrogens with one attached hydrogen (secondary N) is 2. The van der Waals surface area contributed by atoms with Crippen molar-refractivity contribution in [2.45, 2.75) is 6.10 Å². The predicted molar refractivity (Wildman–Crippen MR) is 69.5 cm³/mol. The normalized spacial score (nSPS) is 11.2. The van der Waals surface area contributed by atoms with E-state index in [9.17, 15) is 9.59 Å². The predicted octanol–water partition coefficient (Wildman–Crippen LogP) is 0.888. The minimum Gasteiger partial charge on any atom is -0.479 e. The molecule has 8 heteroatoms. The van der Waals surface area contributed by atoms with Crippen LogP contribution in [0.3, 0.4) is 0 Å². The maximum Gasteiger partial charge on any atom is 0.334 e. The first-order chi connectivity index (χ1) is 8.93. The molecule has 0 heterocycles. The highest BCUT2D eigenvalue weighted by Crippen LogP contribution is 2.23. The fourth-order valence-electron chi connectivity index (χ4n) is 1.13. The van der Waals surface area contributed by atoms with Crippen LogP contribution in [0.4, 0.5) is 10.5 Å². The topological polar surface area (TPSA) is 122 Å². The fourth-order valence-corrected chi connectivity index (χ4v) is 1.61. The van der Waals surface area contributed by atoms with Crippen molar-refractivity contribution in [3.63, 3.8) is 0 Å². The number of carbonyl (C=O) groups is 2. The fraction of sp³-hybridized carbons (Fsp3) is 0.182. The molecular weight excluding hydrogens is 318 g/mol. The number of anilines is 1. The van der Waals surface area contributed by atoms with Crippen LogP contribution in [0.2, 0.25) is 0 Å². The summed E-state index contributed by atoms with van der Waals surface area (Å²) in [5.41, 5.74) is 0.848. The maximum absolute atomic E-state index is 11.4. The third-order valence-electron chi connectivity index (χ3n) is 2.09. The van der Waals surface area contributed by atoms with Gasteiger partial charge < -0.3 is 20.8 Å². The van der Waals surface area contributed by atoms with Crippen molar-refractivity contribution in [1.29, 1.82) is 5.26 Å². The van der Waals surface area contributed by atoms with Crippen LogP contribution in [0, 0.1) is 11.3 Å². The smallest absolute Gasteiger partial charge is 0.334 e. The highest BCUT2D eigenvalue weighted by molar-refractivity contribution is 9.10. The zero-order valence-electron chi connectivity index (χ0n) is 9.55. The lowest BCUT2D eigenvalue weighted by molar-refractivity contribution is -0.146. The first-order valence-electron chi connectivity index (χ1n) is 5.09. The monoisotopic (exact) mass is 327 g/mol. The number of carbonyl (C=O) groups excluding carboxylic acids is 1. The van der Waals surface area contributed by atoms with Crippen LogP contribution in [0.5, 0.6) is 0 Å². The van der Waals surface area contributed by atoms with E-state index >= 15 is 0 Å². The Balaban J connectivity index is 2.58. The van der Waals surface area contributed by atoms with Gasteiger partial charge in [0, 0.05) is 4.47 Å². The summed E-state index contributed by atoms with van der Waals surface area (Å²) < 4.78 is 0.514. The summed E-state index contributed by atoms with van der Waals surface area (Å²) in [4.78, 5) is 21.8. The van der Waals surface area contributed by atoms with Gasteiger partial charge in [-0.15, -0.1) is 0 Å². The number of aliphatic hydroxyl groups excluding tert-OH is 1. The number of halogens is 1. The average molecular weight is 328 g/mol. The van der Waals surface area contributed by atoms with Gasteiger partial charge in [-0.3, -0.25) is 0 Å². The first kappa shape index (κ1) is 14.9. The minimum atomic E-state index is -1.66. The second-order valence-electron chi connectivity index (χ2n) is 3.50. The van der Waals surface area contributed by atoms with Gasteiger partial charge in [0.2, 0.25) is 0 Å². The SMILES string of the molecule is N#Cc1ccc(NC(=O)NCC(O)C(=O)O)c(Br)c1. The number of hydrogen-bond acceptors (Lipinski definition) is 4. The van der Waals surface area contributed by atoms with Gasteiger partial charge >= 0.3 is 12.0 Å². The van der Waals surface area contributed by atoms with Gasteiger partial charge in [0.05, 0.1) is 23.9 Å². The number of amides is 2. The van der Waals surface area contributed by atoms with Gasteiger partial charge in [-0.1, -0.05) is 0 Å². The van der Waals surface area contributed by atoms with Gasteiger partial charge in [0.1, 0.15) is 0 Å². The van der Waals surface area contributed by atoms with Crippen LogP contribution < -0.4 is 10.6 Å². The van der Waals surface area contributed by atoms with E-state index in [1.165, 1.54) is 18.2 Å². The lowest BCUT2D eigenvalue weighted by atomic mass is 10.2. The van der Waals surface area contributed by atoms with Crippen molar-refractivity contribution in [2.24, 2.45) is 0 Å². The Bertz CT molecular complexity index is 541.